The molecule has 2 aromatic carbocycles. The van der Waals surface area contributed by atoms with Gasteiger partial charge in [-0.25, -0.2) is 4.79 Å². The number of nitrogens with zero attached hydrogens (tertiary/aromatic N) is 2. The summed E-state index contributed by atoms with van der Waals surface area (Å²) in [6.07, 6.45) is 0. The highest BCUT2D eigenvalue weighted by Crippen LogP contribution is 2.16. The van der Waals surface area contributed by atoms with Gasteiger partial charge in [0, 0.05) is 17.1 Å². The normalized spacial score (nSPS) is 10.3. The molecule has 1 heterocycles. The van der Waals surface area contributed by atoms with E-state index in [0.717, 1.165) is 16.9 Å². The van der Waals surface area contributed by atoms with Crippen LogP contribution in [-0.2, 0) is 0 Å². The van der Waals surface area contributed by atoms with Gasteiger partial charge in [0.2, 0.25) is 11.9 Å². The largest absolute Gasteiger partial charge is 0.399 e. The fourth-order valence-electron chi connectivity index (χ4n) is 1.97. The SMILES string of the molecule is Cc1ccc(Nc2nc(Nc3ccc(N)cc3)[nH]c(=O)n2)cc1. The first-order valence-electron chi connectivity index (χ1n) is 7.03. The predicted molar refractivity (Wildman–Crippen MR) is 91.3 cm³/mol. The van der Waals surface area contributed by atoms with Crippen LogP contribution >= 0.6 is 0 Å². The van der Waals surface area contributed by atoms with Crippen molar-refractivity contribution in [2.75, 3.05) is 16.4 Å². The Morgan fingerprint density at radius 1 is 0.913 bits per heavy atom. The minimum absolute atomic E-state index is 0.218. The Bertz CT molecular complexity index is 786. The second kappa shape index (κ2) is 6.18. The van der Waals surface area contributed by atoms with E-state index in [-0.39, 0.29) is 5.95 Å². The lowest BCUT2D eigenvalue weighted by Crippen LogP contribution is -2.16. The lowest BCUT2D eigenvalue weighted by molar-refractivity contribution is 1.00. The Hall–Kier alpha value is -3.35. The number of rotatable bonds is 4. The molecule has 0 radical (unpaired) electrons. The number of aryl methyl sites for hydroxylation is 1. The molecule has 0 saturated carbocycles. The van der Waals surface area contributed by atoms with Crippen molar-refractivity contribution in [3.63, 3.8) is 0 Å². The number of aromatic nitrogens is 3. The van der Waals surface area contributed by atoms with Crippen molar-refractivity contribution in [2.45, 2.75) is 6.92 Å². The monoisotopic (exact) mass is 308 g/mol. The minimum atomic E-state index is -0.493. The van der Waals surface area contributed by atoms with Crippen molar-refractivity contribution in [1.82, 2.24) is 15.0 Å². The molecule has 0 spiro atoms. The molecule has 116 valence electrons. The summed E-state index contributed by atoms with van der Waals surface area (Å²) in [6.45, 7) is 2.00. The fraction of sp³-hybridized carbons (Fsp3) is 0.0625. The van der Waals surface area contributed by atoms with Gasteiger partial charge in [-0.1, -0.05) is 17.7 Å². The van der Waals surface area contributed by atoms with Crippen molar-refractivity contribution in [2.24, 2.45) is 0 Å². The number of nitrogen functional groups attached to an aromatic ring is 1. The van der Waals surface area contributed by atoms with Gasteiger partial charge in [-0.05, 0) is 43.3 Å². The number of benzene rings is 2. The molecule has 5 N–H and O–H groups in total. The first-order chi connectivity index (χ1) is 11.1. The Balaban J connectivity index is 1.82. The molecule has 0 unspecified atom stereocenters. The van der Waals surface area contributed by atoms with Gasteiger partial charge in [0.15, 0.2) is 0 Å². The van der Waals surface area contributed by atoms with Crippen LogP contribution in [0.1, 0.15) is 5.56 Å². The molecule has 3 rings (SSSR count). The number of hydrogen-bond acceptors (Lipinski definition) is 6. The molecule has 1 aromatic heterocycles. The van der Waals surface area contributed by atoms with Crippen LogP contribution in [0.3, 0.4) is 0 Å². The fourth-order valence-corrected chi connectivity index (χ4v) is 1.97. The summed E-state index contributed by atoms with van der Waals surface area (Å²) < 4.78 is 0. The quantitative estimate of drug-likeness (QED) is 0.552. The van der Waals surface area contributed by atoms with Crippen molar-refractivity contribution in [3.8, 4) is 0 Å². The summed E-state index contributed by atoms with van der Waals surface area (Å²) in [5, 5.41) is 6.01. The third kappa shape index (κ3) is 3.85. The Kier molecular flexibility index (Phi) is 3.92. The number of anilines is 5. The lowest BCUT2D eigenvalue weighted by Gasteiger charge is -2.08. The van der Waals surface area contributed by atoms with Crippen molar-refractivity contribution >= 4 is 29.0 Å². The summed E-state index contributed by atoms with van der Waals surface area (Å²) in [5.41, 5.74) is 8.52. The van der Waals surface area contributed by atoms with Gasteiger partial charge in [0.1, 0.15) is 0 Å². The zero-order valence-electron chi connectivity index (χ0n) is 12.5. The molecule has 0 aliphatic rings. The smallest absolute Gasteiger partial charge is 0.351 e. The second-order valence-electron chi connectivity index (χ2n) is 5.06. The summed E-state index contributed by atoms with van der Waals surface area (Å²) in [7, 11) is 0. The van der Waals surface area contributed by atoms with Crippen LogP contribution in [0, 0.1) is 6.92 Å². The molecule has 7 nitrogen and oxygen atoms in total. The van der Waals surface area contributed by atoms with E-state index in [0.29, 0.717) is 11.6 Å². The van der Waals surface area contributed by atoms with Gasteiger partial charge in [0.25, 0.3) is 0 Å². The highest BCUT2D eigenvalue weighted by molar-refractivity contribution is 5.59. The van der Waals surface area contributed by atoms with E-state index in [2.05, 4.69) is 25.6 Å². The first-order valence-corrected chi connectivity index (χ1v) is 7.03. The molecule has 0 bridgehead atoms. The molecule has 23 heavy (non-hydrogen) atoms. The van der Waals surface area contributed by atoms with E-state index >= 15 is 0 Å². The van der Waals surface area contributed by atoms with E-state index < -0.39 is 5.69 Å². The highest BCUT2D eigenvalue weighted by atomic mass is 16.1. The zero-order valence-corrected chi connectivity index (χ0v) is 12.5. The van der Waals surface area contributed by atoms with Crippen molar-refractivity contribution in [1.29, 1.82) is 0 Å². The van der Waals surface area contributed by atoms with Crippen molar-refractivity contribution in [3.05, 3.63) is 64.6 Å². The molecular weight excluding hydrogens is 292 g/mol. The molecule has 0 amide bonds. The Morgan fingerprint density at radius 2 is 1.52 bits per heavy atom. The number of nitrogens with one attached hydrogen (secondary N) is 3. The molecular formula is C16H16N6O. The van der Waals surface area contributed by atoms with Gasteiger partial charge in [0.05, 0.1) is 0 Å². The summed E-state index contributed by atoms with van der Waals surface area (Å²) in [6, 6.07) is 14.8. The average Bonchev–Trinajstić information content (AvgIpc) is 2.51. The molecule has 0 saturated heterocycles. The van der Waals surface area contributed by atoms with Crippen LogP contribution in [0.4, 0.5) is 29.0 Å². The van der Waals surface area contributed by atoms with Crippen LogP contribution in [-0.4, -0.2) is 15.0 Å². The standard InChI is InChI=1S/C16H16N6O/c1-10-2-6-12(7-3-10)18-14-20-15(22-16(23)21-14)19-13-8-4-11(17)5-9-13/h2-9H,17H2,1H3,(H3,18,19,20,21,22,23). The van der Waals surface area contributed by atoms with Gasteiger partial charge in [-0.2, -0.15) is 9.97 Å². The third-order valence-corrected chi connectivity index (χ3v) is 3.13. The van der Waals surface area contributed by atoms with Crippen LogP contribution in [0.2, 0.25) is 0 Å². The molecule has 0 fully saturated rings. The van der Waals surface area contributed by atoms with Gasteiger partial charge in [-0.3, -0.25) is 4.98 Å². The molecule has 0 aliphatic carbocycles. The first kappa shape index (κ1) is 14.6. The van der Waals surface area contributed by atoms with Gasteiger partial charge >= 0.3 is 5.69 Å². The molecule has 3 aromatic rings. The Labute approximate surface area is 132 Å². The summed E-state index contributed by atoms with van der Waals surface area (Å²) in [5.74, 6) is 0.514. The van der Waals surface area contributed by atoms with Gasteiger partial charge < -0.3 is 16.4 Å². The maximum atomic E-state index is 11.7. The van der Waals surface area contributed by atoms with Crippen LogP contribution in [0.15, 0.2) is 53.3 Å². The number of hydrogen-bond donors (Lipinski definition) is 4. The maximum Gasteiger partial charge on any atom is 0.351 e. The van der Waals surface area contributed by atoms with Gasteiger partial charge in [-0.15, -0.1) is 0 Å². The van der Waals surface area contributed by atoms with Crippen LogP contribution in [0.25, 0.3) is 0 Å². The Morgan fingerprint density at radius 3 is 2.22 bits per heavy atom. The van der Waals surface area contributed by atoms with E-state index in [4.69, 9.17) is 5.73 Å². The molecule has 0 aliphatic heterocycles. The summed E-state index contributed by atoms with van der Waals surface area (Å²) >= 11 is 0. The topological polar surface area (TPSA) is 109 Å². The number of H-pyrrole nitrogens is 1. The number of aromatic amines is 1. The minimum Gasteiger partial charge on any atom is -0.399 e. The zero-order chi connectivity index (χ0) is 16.2. The van der Waals surface area contributed by atoms with E-state index in [1.807, 2.05) is 31.2 Å². The summed E-state index contributed by atoms with van der Waals surface area (Å²) in [4.78, 5) is 22.3. The van der Waals surface area contributed by atoms with E-state index in [9.17, 15) is 4.79 Å². The average molecular weight is 308 g/mol. The molecule has 7 heteroatoms. The van der Waals surface area contributed by atoms with E-state index in [1.165, 1.54) is 0 Å². The van der Waals surface area contributed by atoms with Crippen LogP contribution in [0.5, 0.6) is 0 Å². The predicted octanol–water partition coefficient (Wildman–Crippen LogP) is 2.54. The maximum absolute atomic E-state index is 11.7. The number of nitrogens with two attached hydrogens (primary N) is 1. The lowest BCUT2D eigenvalue weighted by atomic mass is 10.2. The molecule has 0 atom stereocenters. The van der Waals surface area contributed by atoms with E-state index in [1.54, 1.807) is 24.3 Å². The van der Waals surface area contributed by atoms with Crippen LogP contribution < -0.4 is 22.1 Å². The third-order valence-electron chi connectivity index (χ3n) is 3.13. The van der Waals surface area contributed by atoms with Crippen molar-refractivity contribution < 1.29 is 0 Å². The highest BCUT2D eigenvalue weighted by Gasteiger charge is 2.04. The second-order valence-corrected chi connectivity index (χ2v) is 5.06.